The molecule has 0 unspecified atom stereocenters. The Balaban J connectivity index is 2.01. The summed E-state index contributed by atoms with van der Waals surface area (Å²) in [6.45, 7) is -0.824. The monoisotopic (exact) mass is 296 g/mol. The van der Waals surface area contributed by atoms with Crippen molar-refractivity contribution >= 4 is 5.91 Å². The first-order valence-electron chi connectivity index (χ1n) is 6.18. The summed E-state index contributed by atoms with van der Waals surface area (Å²) in [5.41, 5.74) is 1.01. The van der Waals surface area contributed by atoms with Gasteiger partial charge in [-0.25, -0.2) is 0 Å². The number of hydrogen-bond acceptors (Lipinski definition) is 4. The van der Waals surface area contributed by atoms with E-state index in [1.54, 1.807) is 20.0 Å². The lowest BCUT2D eigenvalue weighted by Gasteiger charge is -2.15. The maximum absolute atomic E-state index is 12.2. The fraction of sp³-hybridized carbons (Fsp3) is 0.286. The van der Waals surface area contributed by atoms with Gasteiger partial charge >= 0.3 is 6.61 Å². The molecule has 0 aliphatic rings. The maximum atomic E-state index is 12.2. The number of rotatable bonds is 5. The van der Waals surface area contributed by atoms with E-state index in [9.17, 15) is 13.6 Å². The van der Waals surface area contributed by atoms with Crippen molar-refractivity contribution in [2.45, 2.75) is 20.1 Å². The van der Waals surface area contributed by atoms with Crippen LogP contribution in [0.2, 0.25) is 0 Å². The third-order valence-electron chi connectivity index (χ3n) is 2.75. The molecular weight excluding hydrogens is 282 g/mol. The molecule has 0 aliphatic carbocycles. The zero-order valence-corrected chi connectivity index (χ0v) is 11.5. The number of amides is 1. The Morgan fingerprint density at radius 2 is 2.05 bits per heavy atom. The lowest BCUT2D eigenvalue weighted by atomic mass is 10.2. The zero-order chi connectivity index (χ0) is 15.4. The van der Waals surface area contributed by atoms with Gasteiger partial charge in [0.2, 0.25) is 0 Å². The molecule has 1 aromatic heterocycles. The van der Waals surface area contributed by atoms with E-state index in [4.69, 9.17) is 4.52 Å². The number of benzene rings is 1. The van der Waals surface area contributed by atoms with Crippen LogP contribution in [0.25, 0.3) is 0 Å². The second-order valence-electron chi connectivity index (χ2n) is 4.49. The highest BCUT2D eigenvalue weighted by Gasteiger charge is 2.14. The van der Waals surface area contributed by atoms with Crippen LogP contribution < -0.4 is 4.74 Å². The summed E-state index contributed by atoms with van der Waals surface area (Å²) < 4.78 is 33.2. The first kappa shape index (κ1) is 15.0. The van der Waals surface area contributed by atoms with Gasteiger partial charge in [0.1, 0.15) is 17.2 Å². The van der Waals surface area contributed by atoms with Crippen molar-refractivity contribution < 1.29 is 22.8 Å². The predicted molar refractivity (Wildman–Crippen MR) is 70.1 cm³/mol. The lowest BCUT2D eigenvalue weighted by Crippen LogP contribution is -2.26. The second kappa shape index (κ2) is 6.34. The fourth-order valence-corrected chi connectivity index (χ4v) is 1.81. The van der Waals surface area contributed by atoms with Crippen LogP contribution >= 0.6 is 0 Å². The summed E-state index contributed by atoms with van der Waals surface area (Å²) in [4.78, 5) is 13.6. The van der Waals surface area contributed by atoms with Gasteiger partial charge in [-0.3, -0.25) is 4.79 Å². The molecule has 1 heterocycles. The molecular formula is C14H14F2N2O3. The summed E-state index contributed by atoms with van der Waals surface area (Å²) in [5, 5.41) is 3.81. The topological polar surface area (TPSA) is 55.6 Å². The number of ether oxygens (including phenoxy) is 1. The van der Waals surface area contributed by atoms with Crippen molar-refractivity contribution in [1.82, 2.24) is 10.1 Å². The Hall–Kier alpha value is -2.44. The van der Waals surface area contributed by atoms with Gasteiger partial charge in [-0.05, 0) is 31.2 Å². The van der Waals surface area contributed by atoms with Gasteiger partial charge in [0.05, 0.1) is 6.54 Å². The van der Waals surface area contributed by atoms with E-state index in [2.05, 4.69) is 9.89 Å². The SMILES string of the molecule is Cc1cc(CN(C)C(=O)c2ccc(OC(F)F)cc2)no1. The number of halogens is 2. The fourth-order valence-electron chi connectivity index (χ4n) is 1.81. The number of aromatic nitrogens is 1. The highest BCUT2D eigenvalue weighted by atomic mass is 19.3. The molecule has 0 saturated heterocycles. The average molecular weight is 296 g/mol. The molecule has 112 valence electrons. The van der Waals surface area contributed by atoms with Crippen molar-refractivity contribution in [3.8, 4) is 5.75 Å². The number of carbonyl (C=O) groups is 1. The molecule has 2 rings (SSSR count). The predicted octanol–water partition coefficient (Wildman–Crippen LogP) is 2.86. The van der Waals surface area contributed by atoms with E-state index < -0.39 is 6.61 Å². The first-order chi connectivity index (χ1) is 9.95. The van der Waals surface area contributed by atoms with Crippen LogP contribution in [0.1, 0.15) is 21.8 Å². The minimum absolute atomic E-state index is 0.0105. The Morgan fingerprint density at radius 1 is 1.38 bits per heavy atom. The van der Waals surface area contributed by atoms with Crippen LogP contribution in [0.15, 0.2) is 34.9 Å². The van der Waals surface area contributed by atoms with Gasteiger partial charge in [0, 0.05) is 18.7 Å². The Morgan fingerprint density at radius 3 is 2.57 bits per heavy atom. The van der Waals surface area contributed by atoms with E-state index >= 15 is 0 Å². The van der Waals surface area contributed by atoms with Gasteiger partial charge < -0.3 is 14.2 Å². The van der Waals surface area contributed by atoms with Crippen molar-refractivity contribution in [3.63, 3.8) is 0 Å². The number of aryl methyl sites for hydroxylation is 1. The largest absolute Gasteiger partial charge is 0.435 e. The number of alkyl halides is 2. The molecule has 21 heavy (non-hydrogen) atoms. The quantitative estimate of drug-likeness (QED) is 0.851. The molecule has 0 spiro atoms. The minimum atomic E-state index is -2.88. The van der Waals surface area contributed by atoms with Gasteiger partial charge in [0.25, 0.3) is 5.91 Å². The molecule has 1 aromatic carbocycles. The Bertz CT molecular complexity index is 611. The van der Waals surface area contributed by atoms with Crippen LogP contribution in [0.4, 0.5) is 8.78 Å². The van der Waals surface area contributed by atoms with E-state index in [1.165, 1.54) is 29.2 Å². The summed E-state index contributed by atoms with van der Waals surface area (Å²) in [5.74, 6) is 0.426. The molecule has 0 fully saturated rings. The lowest BCUT2D eigenvalue weighted by molar-refractivity contribution is -0.0498. The average Bonchev–Trinajstić information content (AvgIpc) is 2.83. The molecule has 0 atom stereocenters. The summed E-state index contributed by atoms with van der Waals surface area (Å²) in [6.07, 6.45) is 0. The van der Waals surface area contributed by atoms with Crippen LogP contribution in [-0.4, -0.2) is 29.6 Å². The van der Waals surface area contributed by atoms with E-state index in [0.29, 0.717) is 23.6 Å². The van der Waals surface area contributed by atoms with E-state index in [-0.39, 0.29) is 11.7 Å². The minimum Gasteiger partial charge on any atom is -0.435 e. The molecule has 5 nitrogen and oxygen atoms in total. The third-order valence-corrected chi connectivity index (χ3v) is 2.75. The Kier molecular flexibility index (Phi) is 4.52. The van der Waals surface area contributed by atoms with Crippen LogP contribution in [0, 0.1) is 6.92 Å². The highest BCUT2D eigenvalue weighted by Crippen LogP contribution is 2.16. The zero-order valence-electron chi connectivity index (χ0n) is 11.5. The van der Waals surface area contributed by atoms with Crippen molar-refractivity contribution in [3.05, 3.63) is 47.3 Å². The number of hydrogen-bond donors (Lipinski definition) is 0. The first-order valence-corrected chi connectivity index (χ1v) is 6.18. The van der Waals surface area contributed by atoms with E-state index in [0.717, 1.165) is 0 Å². The van der Waals surface area contributed by atoms with Crippen LogP contribution in [-0.2, 0) is 6.54 Å². The van der Waals surface area contributed by atoms with Gasteiger partial charge in [-0.15, -0.1) is 0 Å². The van der Waals surface area contributed by atoms with Gasteiger partial charge in [0.15, 0.2) is 0 Å². The summed E-state index contributed by atoms with van der Waals surface area (Å²) >= 11 is 0. The highest BCUT2D eigenvalue weighted by molar-refractivity contribution is 5.94. The number of carbonyl (C=O) groups excluding carboxylic acids is 1. The summed E-state index contributed by atoms with van der Waals surface area (Å²) in [7, 11) is 1.62. The molecule has 2 aromatic rings. The van der Waals surface area contributed by atoms with Crippen LogP contribution in [0.5, 0.6) is 5.75 Å². The van der Waals surface area contributed by atoms with Crippen LogP contribution in [0.3, 0.4) is 0 Å². The normalized spacial score (nSPS) is 10.7. The van der Waals surface area contributed by atoms with Crippen molar-refractivity contribution in [1.29, 1.82) is 0 Å². The van der Waals surface area contributed by atoms with Gasteiger partial charge in [-0.1, -0.05) is 5.16 Å². The molecule has 0 N–H and O–H groups in total. The van der Waals surface area contributed by atoms with Crippen molar-refractivity contribution in [2.24, 2.45) is 0 Å². The summed E-state index contributed by atoms with van der Waals surface area (Å²) in [6, 6.07) is 7.26. The molecule has 0 radical (unpaired) electrons. The third kappa shape index (κ3) is 4.01. The van der Waals surface area contributed by atoms with Crippen molar-refractivity contribution in [2.75, 3.05) is 7.05 Å². The Labute approximate surface area is 120 Å². The van der Waals surface area contributed by atoms with E-state index in [1.807, 2.05) is 0 Å². The maximum Gasteiger partial charge on any atom is 0.387 e. The van der Waals surface area contributed by atoms with Gasteiger partial charge in [-0.2, -0.15) is 8.78 Å². The second-order valence-corrected chi connectivity index (χ2v) is 4.49. The molecule has 1 amide bonds. The standard InChI is InChI=1S/C14H14F2N2O3/c1-9-7-11(17-21-9)8-18(2)13(19)10-3-5-12(6-4-10)20-14(15)16/h3-7,14H,8H2,1-2H3. The number of nitrogens with zero attached hydrogens (tertiary/aromatic N) is 2. The molecule has 7 heteroatoms. The molecule has 0 bridgehead atoms. The molecule has 0 saturated carbocycles. The smallest absolute Gasteiger partial charge is 0.387 e. The molecule has 0 aliphatic heterocycles.